The van der Waals surface area contributed by atoms with Crippen molar-refractivity contribution in [3.63, 3.8) is 0 Å². The van der Waals surface area contributed by atoms with Gasteiger partial charge in [-0.3, -0.25) is 4.79 Å². The van der Waals surface area contributed by atoms with Crippen molar-refractivity contribution in [3.8, 4) is 5.75 Å². The number of nitrogens with zero attached hydrogens (tertiary/aromatic N) is 1. The molecule has 3 aromatic rings. The number of carbonyl (C=O) groups excluding carboxylic acids is 1. The fourth-order valence-electron chi connectivity index (χ4n) is 4.35. The quantitative estimate of drug-likeness (QED) is 0.654. The van der Waals surface area contributed by atoms with Crippen LogP contribution in [-0.2, 0) is 6.42 Å². The molecule has 1 unspecified atom stereocenters. The Hall–Kier alpha value is -2.82. The van der Waals surface area contributed by atoms with Gasteiger partial charge in [0.2, 0.25) is 0 Å². The molecule has 0 radical (unpaired) electrons. The summed E-state index contributed by atoms with van der Waals surface area (Å²) in [5, 5.41) is 1.01. The van der Waals surface area contributed by atoms with Crippen LogP contribution in [0.5, 0.6) is 5.75 Å². The smallest absolute Gasteiger partial charge is 0.270 e. The molecule has 152 valence electrons. The number of methoxy groups -OCH3 is 1. The van der Waals surface area contributed by atoms with Crippen LogP contribution in [0.4, 0.5) is 4.39 Å². The Bertz CT molecular complexity index is 1030. The van der Waals surface area contributed by atoms with Gasteiger partial charge in [0.1, 0.15) is 17.3 Å². The van der Waals surface area contributed by atoms with Crippen molar-refractivity contribution < 1.29 is 13.9 Å². The molecule has 1 aliphatic rings. The van der Waals surface area contributed by atoms with E-state index in [0.717, 1.165) is 60.1 Å². The maximum Gasteiger partial charge on any atom is 0.270 e. The predicted octanol–water partition coefficient (Wildman–Crippen LogP) is 5.11. The number of aromatic nitrogens is 1. The molecule has 0 bridgehead atoms. The molecule has 1 aromatic heterocycles. The van der Waals surface area contributed by atoms with Crippen molar-refractivity contribution >= 4 is 16.8 Å². The number of benzene rings is 2. The van der Waals surface area contributed by atoms with Gasteiger partial charge in [-0.05, 0) is 73.9 Å². The molecule has 29 heavy (non-hydrogen) atoms. The number of fused-ring (bicyclic) bond motifs is 1. The second-order valence-electron chi connectivity index (χ2n) is 7.93. The third-order valence-corrected chi connectivity index (χ3v) is 6.07. The van der Waals surface area contributed by atoms with E-state index in [1.165, 1.54) is 6.07 Å². The normalized spacial score (nSPS) is 16.9. The topological polar surface area (TPSA) is 45.3 Å². The molecule has 2 aromatic carbocycles. The number of carbonyl (C=O) groups is 1. The summed E-state index contributed by atoms with van der Waals surface area (Å²) >= 11 is 0. The zero-order valence-electron chi connectivity index (χ0n) is 17.0. The second kappa shape index (κ2) is 8.27. The van der Waals surface area contributed by atoms with Crippen LogP contribution in [0.3, 0.4) is 0 Å². The number of hydrogen-bond acceptors (Lipinski definition) is 2. The highest BCUT2D eigenvalue weighted by atomic mass is 19.1. The average molecular weight is 394 g/mol. The minimum Gasteiger partial charge on any atom is -0.497 e. The van der Waals surface area contributed by atoms with E-state index in [-0.39, 0.29) is 11.7 Å². The van der Waals surface area contributed by atoms with Crippen molar-refractivity contribution in [3.05, 3.63) is 65.1 Å². The van der Waals surface area contributed by atoms with Crippen molar-refractivity contribution in [2.24, 2.45) is 5.92 Å². The number of ether oxygens (including phenoxy) is 1. The molecular weight excluding hydrogens is 367 g/mol. The van der Waals surface area contributed by atoms with E-state index in [0.29, 0.717) is 18.0 Å². The number of amides is 1. The lowest BCUT2D eigenvalue weighted by Gasteiger charge is -2.33. The number of nitrogens with one attached hydrogen (secondary N) is 1. The van der Waals surface area contributed by atoms with Crippen molar-refractivity contribution in [1.82, 2.24) is 9.88 Å². The van der Waals surface area contributed by atoms with Crippen LogP contribution in [0.15, 0.2) is 42.5 Å². The zero-order valence-corrected chi connectivity index (χ0v) is 17.0. The van der Waals surface area contributed by atoms with E-state index in [1.54, 1.807) is 13.2 Å². The number of hydrogen-bond donors (Lipinski definition) is 1. The van der Waals surface area contributed by atoms with Crippen molar-refractivity contribution in [2.75, 3.05) is 20.2 Å². The molecule has 4 rings (SSSR count). The molecule has 0 spiro atoms. The third kappa shape index (κ3) is 4.00. The Balaban J connectivity index is 1.47. The average Bonchev–Trinajstić information content (AvgIpc) is 3.08. The lowest BCUT2D eigenvalue weighted by molar-refractivity contribution is 0.0662. The summed E-state index contributed by atoms with van der Waals surface area (Å²) in [6.45, 7) is 3.48. The van der Waals surface area contributed by atoms with Gasteiger partial charge in [-0.15, -0.1) is 0 Å². The van der Waals surface area contributed by atoms with Gasteiger partial charge in [-0.25, -0.2) is 4.39 Å². The van der Waals surface area contributed by atoms with Gasteiger partial charge in [-0.2, -0.15) is 0 Å². The van der Waals surface area contributed by atoms with Gasteiger partial charge in [0.15, 0.2) is 0 Å². The Morgan fingerprint density at radius 2 is 2.10 bits per heavy atom. The molecule has 1 aliphatic heterocycles. The summed E-state index contributed by atoms with van der Waals surface area (Å²) in [4.78, 5) is 18.5. The van der Waals surface area contributed by atoms with E-state index in [9.17, 15) is 9.18 Å². The van der Waals surface area contributed by atoms with E-state index in [1.807, 2.05) is 42.2 Å². The lowest BCUT2D eigenvalue weighted by Crippen LogP contribution is -2.40. The molecule has 1 N–H and O–H groups in total. The maximum absolute atomic E-state index is 13.9. The number of aryl methyl sites for hydroxylation is 2. The van der Waals surface area contributed by atoms with Crippen LogP contribution in [0.2, 0.25) is 0 Å². The van der Waals surface area contributed by atoms with E-state index in [4.69, 9.17) is 4.74 Å². The van der Waals surface area contributed by atoms with Crippen LogP contribution in [0.25, 0.3) is 10.9 Å². The summed E-state index contributed by atoms with van der Waals surface area (Å²) in [5.74, 6) is 1.09. The lowest BCUT2D eigenvalue weighted by atomic mass is 9.91. The van der Waals surface area contributed by atoms with Gasteiger partial charge in [0, 0.05) is 24.0 Å². The van der Waals surface area contributed by atoms with Crippen LogP contribution in [0, 0.1) is 18.7 Å². The van der Waals surface area contributed by atoms with Crippen LogP contribution in [-0.4, -0.2) is 36.0 Å². The number of piperidine rings is 1. The summed E-state index contributed by atoms with van der Waals surface area (Å²) in [5.41, 5.74) is 3.32. The Labute approximate surface area is 170 Å². The first-order chi connectivity index (χ1) is 14.1. The number of rotatable bonds is 5. The van der Waals surface area contributed by atoms with Gasteiger partial charge >= 0.3 is 0 Å². The maximum atomic E-state index is 13.9. The van der Waals surface area contributed by atoms with Crippen LogP contribution < -0.4 is 4.74 Å². The molecule has 0 saturated carbocycles. The molecule has 1 atom stereocenters. The first kappa shape index (κ1) is 19.5. The highest BCUT2D eigenvalue weighted by molar-refractivity contribution is 6.01. The molecule has 0 aliphatic carbocycles. The standard InChI is InChI=1S/C24H27FN2O2/c1-16-20-14-19(29-2)11-12-22(20)26-23(16)24(28)27-13-5-6-17(15-27)9-10-18-7-3-4-8-21(18)25/h3-4,7-8,11-12,14,17,26H,5-6,9-10,13,15H2,1-2H3. The highest BCUT2D eigenvalue weighted by Crippen LogP contribution is 2.29. The Morgan fingerprint density at radius 3 is 2.90 bits per heavy atom. The van der Waals surface area contributed by atoms with Gasteiger partial charge in [-0.1, -0.05) is 18.2 Å². The fourth-order valence-corrected chi connectivity index (χ4v) is 4.35. The van der Waals surface area contributed by atoms with E-state index < -0.39 is 0 Å². The zero-order chi connectivity index (χ0) is 20.4. The van der Waals surface area contributed by atoms with Gasteiger partial charge in [0.05, 0.1) is 7.11 Å². The molecule has 5 heteroatoms. The molecule has 1 saturated heterocycles. The molecule has 1 amide bonds. The number of aromatic amines is 1. The summed E-state index contributed by atoms with van der Waals surface area (Å²) in [7, 11) is 1.64. The van der Waals surface area contributed by atoms with Gasteiger partial charge in [0.25, 0.3) is 5.91 Å². The fraction of sp³-hybridized carbons (Fsp3) is 0.375. The molecule has 1 fully saturated rings. The summed E-state index contributed by atoms with van der Waals surface area (Å²) in [6, 6.07) is 12.8. The highest BCUT2D eigenvalue weighted by Gasteiger charge is 2.27. The monoisotopic (exact) mass is 394 g/mol. The predicted molar refractivity (Wildman–Crippen MR) is 113 cm³/mol. The second-order valence-corrected chi connectivity index (χ2v) is 7.93. The van der Waals surface area contributed by atoms with Crippen molar-refractivity contribution in [1.29, 1.82) is 0 Å². The van der Waals surface area contributed by atoms with Crippen LogP contribution >= 0.6 is 0 Å². The SMILES string of the molecule is COc1ccc2[nH]c(C(=O)N3CCCC(CCc4ccccc4F)C3)c(C)c2c1. The minimum absolute atomic E-state index is 0.0493. The largest absolute Gasteiger partial charge is 0.497 e. The first-order valence-electron chi connectivity index (χ1n) is 10.3. The third-order valence-electron chi connectivity index (χ3n) is 6.07. The van der Waals surface area contributed by atoms with Crippen LogP contribution in [0.1, 0.15) is 40.9 Å². The number of likely N-dealkylation sites (tertiary alicyclic amines) is 1. The van der Waals surface area contributed by atoms with E-state index in [2.05, 4.69) is 4.98 Å². The Kier molecular flexibility index (Phi) is 5.56. The number of H-pyrrole nitrogens is 1. The summed E-state index contributed by atoms with van der Waals surface area (Å²) < 4.78 is 19.2. The summed E-state index contributed by atoms with van der Waals surface area (Å²) in [6.07, 6.45) is 3.68. The van der Waals surface area contributed by atoms with Gasteiger partial charge < -0.3 is 14.6 Å². The first-order valence-corrected chi connectivity index (χ1v) is 10.3. The van der Waals surface area contributed by atoms with E-state index >= 15 is 0 Å². The Morgan fingerprint density at radius 1 is 1.28 bits per heavy atom. The molecular formula is C24H27FN2O2. The van der Waals surface area contributed by atoms with Crippen molar-refractivity contribution in [2.45, 2.75) is 32.6 Å². The molecule has 4 nitrogen and oxygen atoms in total. The minimum atomic E-state index is -0.139. The molecule has 2 heterocycles. The number of halogens is 1.